The Hall–Kier alpha value is -2.92. The summed E-state index contributed by atoms with van der Waals surface area (Å²) in [5, 5.41) is 9.68. The number of hydrogen-bond donors (Lipinski definition) is 0. The van der Waals surface area contributed by atoms with Gasteiger partial charge in [-0.1, -0.05) is 60.9 Å². The third kappa shape index (κ3) is 3.67. The van der Waals surface area contributed by atoms with Crippen LogP contribution < -0.4 is 0 Å². The molecule has 0 radical (unpaired) electrons. The Morgan fingerprint density at radius 1 is 1.06 bits per heavy atom. The smallest absolute Gasteiger partial charge is 0.223 e. The summed E-state index contributed by atoms with van der Waals surface area (Å²) in [4.78, 5) is 15.7. The van der Waals surface area contributed by atoms with Crippen LogP contribution in [0.1, 0.15) is 67.2 Å². The lowest BCUT2D eigenvalue weighted by atomic mass is 9.86. The molecule has 2 aromatic carbocycles. The van der Waals surface area contributed by atoms with Gasteiger partial charge in [0, 0.05) is 36.0 Å². The van der Waals surface area contributed by atoms with Gasteiger partial charge in [-0.25, -0.2) is 0 Å². The van der Waals surface area contributed by atoms with Crippen molar-refractivity contribution in [3.05, 3.63) is 82.4 Å². The molecule has 1 saturated carbocycles. The maximum absolute atomic E-state index is 13.6. The molecule has 2 aliphatic heterocycles. The van der Waals surface area contributed by atoms with Crippen LogP contribution in [0.25, 0.3) is 11.3 Å². The van der Waals surface area contributed by atoms with E-state index in [-0.39, 0.29) is 11.8 Å². The van der Waals surface area contributed by atoms with Crippen molar-refractivity contribution in [1.29, 1.82) is 0 Å². The standard InChI is InChI=1S/C28H29ClN4O/c1-19-30-31-27-21(17-26(34)32-15-14-28(18-32)12-4-5-13-28)16-24(20-8-10-22(29)11-9-20)23-6-2-3-7-25(23)33(19)27/h2-3,6-11,16,21H,4-5,12-15,17-18H2,1H3/t21-/m1/s1. The minimum absolute atomic E-state index is 0.160. The fourth-order valence-electron chi connectivity index (χ4n) is 6.21. The Kier molecular flexibility index (Phi) is 5.33. The molecule has 0 bridgehead atoms. The molecule has 1 spiro atoms. The van der Waals surface area contributed by atoms with Gasteiger partial charge in [0.1, 0.15) is 11.6 Å². The number of allylic oxidation sites excluding steroid dienone is 1. The molecule has 0 unspecified atom stereocenters. The van der Waals surface area contributed by atoms with Crippen molar-refractivity contribution < 1.29 is 4.79 Å². The third-order valence-electron chi connectivity index (χ3n) is 7.99. The summed E-state index contributed by atoms with van der Waals surface area (Å²) in [6, 6.07) is 16.3. The van der Waals surface area contributed by atoms with Gasteiger partial charge in [0.2, 0.25) is 5.91 Å². The second kappa shape index (κ2) is 8.38. The van der Waals surface area contributed by atoms with Crippen LogP contribution in [0.15, 0.2) is 54.6 Å². The molecule has 6 heteroatoms. The summed E-state index contributed by atoms with van der Waals surface area (Å²) >= 11 is 6.19. The number of nitrogens with zero attached hydrogens (tertiary/aromatic N) is 4. The summed E-state index contributed by atoms with van der Waals surface area (Å²) in [5.74, 6) is 1.72. The molecule has 0 N–H and O–H groups in total. The van der Waals surface area contributed by atoms with E-state index in [4.69, 9.17) is 11.6 Å². The topological polar surface area (TPSA) is 51.0 Å². The molecule has 1 saturated heterocycles. The first kappa shape index (κ1) is 21.6. The van der Waals surface area contributed by atoms with Crippen molar-refractivity contribution in [1.82, 2.24) is 19.7 Å². The fourth-order valence-corrected chi connectivity index (χ4v) is 6.33. The van der Waals surface area contributed by atoms with Crippen molar-refractivity contribution in [2.45, 2.75) is 51.4 Å². The van der Waals surface area contributed by atoms with Gasteiger partial charge in [-0.2, -0.15) is 0 Å². The molecular weight excluding hydrogens is 444 g/mol. The molecule has 174 valence electrons. The Morgan fingerprint density at radius 2 is 1.82 bits per heavy atom. The molecule has 6 rings (SSSR count). The number of aromatic nitrogens is 3. The highest BCUT2D eigenvalue weighted by molar-refractivity contribution is 6.30. The van der Waals surface area contributed by atoms with Crippen LogP contribution >= 0.6 is 11.6 Å². The molecule has 2 fully saturated rings. The number of hydrogen-bond acceptors (Lipinski definition) is 3. The van der Waals surface area contributed by atoms with Gasteiger partial charge in [-0.05, 0) is 60.9 Å². The minimum atomic E-state index is -0.160. The highest BCUT2D eigenvalue weighted by atomic mass is 35.5. The van der Waals surface area contributed by atoms with Crippen LogP contribution in [0.3, 0.4) is 0 Å². The Bertz CT molecular complexity index is 1270. The number of fused-ring (bicyclic) bond motifs is 3. The summed E-state index contributed by atoms with van der Waals surface area (Å²) in [7, 11) is 0. The van der Waals surface area contributed by atoms with Crippen LogP contribution in [0, 0.1) is 12.3 Å². The van der Waals surface area contributed by atoms with Crippen LogP contribution in [0.5, 0.6) is 0 Å². The first-order valence-corrected chi connectivity index (χ1v) is 12.7. The van der Waals surface area contributed by atoms with Crippen LogP contribution in [0.4, 0.5) is 0 Å². The lowest BCUT2D eigenvalue weighted by molar-refractivity contribution is -0.130. The number of carbonyl (C=O) groups is 1. The Balaban J connectivity index is 1.40. The predicted molar refractivity (Wildman–Crippen MR) is 134 cm³/mol. The molecule has 34 heavy (non-hydrogen) atoms. The fraction of sp³-hybridized carbons (Fsp3) is 0.393. The molecule has 1 aromatic heterocycles. The van der Waals surface area contributed by atoms with E-state index in [1.807, 2.05) is 37.3 Å². The average Bonchev–Trinajstić information content (AvgIpc) is 3.56. The minimum Gasteiger partial charge on any atom is -0.342 e. The molecule has 3 heterocycles. The van der Waals surface area contributed by atoms with E-state index < -0.39 is 0 Å². The van der Waals surface area contributed by atoms with Gasteiger partial charge in [0.05, 0.1) is 5.69 Å². The maximum atomic E-state index is 13.6. The van der Waals surface area contributed by atoms with E-state index in [9.17, 15) is 4.79 Å². The molecule has 3 aliphatic rings. The lowest BCUT2D eigenvalue weighted by Crippen LogP contribution is -2.32. The van der Waals surface area contributed by atoms with E-state index in [1.54, 1.807) is 0 Å². The van der Waals surface area contributed by atoms with Crippen LogP contribution in [-0.2, 0) is 4.79 Å². The van der Waals surface area contributed by atoms with Crippen molar-refractivity contribution in [2.24, 2.45) is 5.41 Å². The van der Waals surface area contributed by atoms with Gasteiger partial charge in [0.15, 0.2) is 0 Å². The second-order valence-electron chi connectivity index (χ2n) is 10.1. The molecule has 5 nitrogen and oxygen atoms in total. The summed E-state index contributed by atoms with van der Waals surface area (Å²) in [6.45, 7) is 3.77. The largest absolute Gasteiger partial charge is 0.342 e. The van der Waals surface area contributed by atoms with Gasteiger partial charge in [-0.3, -0.25) is 9.36 Å². The highest BCUT2D eigenvalue weighted by Crippen LogP contribution is 2.46. The first-order valence-electron chi connectivity index (χ1n) is 12.3. The van der Waals surface area contributed by atoms with E-state index in [1.165, 1.54) is 25.7 Å². The SMILES string of the molecule is Cc1nnc2n1-c1ccccc1C(c1ccc(Cl)cc1)=C[C@@H]2CC(=O)N1CCC2(CCCC2)C1. The average molecular weight is 473 g/mol. The number of para-hydroxylation sites is 1. The molecular formula is C28H29ClN4O. The van der Waals surface area contributed by atoms with Crippen molar-refractivity contribution in [3.8, 4) is 5.69 Å². The van der Waals surface area contributed by atoms with Crippen LogP contribution in [-0.4, -0.2) is 38.7 Å². The second-order valence-corrected chi connectivity index (χ2v) is 10.6. The summed E-state index contributed by atoms with van der Waals surface area (Å²) in [5.41, 5.74) is 4.70. The van der Waals surface area contributed by atoms with E-state index in [0.717, 1.165) is 53.5 Å². The highest BCUT2D eigenvalue weighted by Gasteiger charge is 2.42. The number of amides is 1. The van der Waals surface area contributed by atoms with Gasteiger partial charge in [-0.15, -0.1) is 10.2 Å². The molecule has 1 atom stereocenters. The normalized spacial score (nSPS) is 20.7. The quantitative estimate of drug-likeness (QED) is 0.474. The Labute approximate surface area is 205 Å². The van der Waals surface area contributed by atoms with Gasteiger partial charge < -0.3 is 4.90 Å². The number of benzene rings is 2. The number of aryl methyl sites for hydroxylation is 1. The van der Waals surface area contributed by atoms with Gasteiger partial charge in [0.25, 0.3) is 0 Å². The molecule has 3 aromatic rings. The zero-order valence-electron chi connectivity index (χ0n) is 19.5. The lowest BCUT2D eigenvalue weighted by Gasteiger charge is -2.24. The van der Waals surface area contributed by atoms with Crippen molar-refractivity contribution >= 4 is 23.1 Å². The van der Waals surface area contributed by atoms with Gasteiger partial charge >= 0.3 is 0 Å². The Morgan fingerprint density at radius 3 is 2.62 bits per heavy atom. The number of rotatable bonds is 3. The van der Waals surface area contributed by atoms with E-state index >= 15 is 0 Å². The first-order chi connectivity index (χ1) is 16.5. The zero-order valence-corrected chi connectivity index (χ0v) is 20.3. The predicted octanol–water partition coefficient (Wildman–Crippen LogP) is 5.94. The van der Waals surface area contributed by atoms with Crippen molar-refractivity contribution in [3.63, 3.8) is 0 Å². The third-order valence-corrected chi connectivity index (χ3v) is 8.24. The number of likely N-dealkylation sites (tertiary alicyclic amines) is 1. The zero-order chi connectivity index (χ0) is 23.3. The van der Waals surface area contributed by atoms with E-state index in [2.05, 4.69) is 43.9 Å². The maximum Gasteiger partial charge on any atom is 0.223 e. The van der Waals surface area contributed by atoms with E-state index in [0.29, 0.717) is 16.9 Å². The molecule has 1 amide bonds. The number of carbonyl (C=O) groups excluding carboxylic acids is 1. The molecule has 1 aliphatic carbocycles. The van der Waals surface area contributed by atoms with Crippen molar-refractivity contribution in [2.75, 3.05) is 13.1 Å². The van der Waals surface area contributed by atoms with Crippen LogP contribution in [0.2, 0.25) is 5.02 Å². The summed E-state index contributed by atoms with van der Waals surface area (Å²) < 4.78 is 2.12. The summed E-state index contributed by atoms with van der Waals surface area (Å²) in [6.07, 6.45) is 8.91. The number of halogens is 1. The monoisotopic (exact) mass is 472 g/mol.